The number of allylic oxidation sites excluding steroid dienone is 1. The molecule has 1 aliphatic rings. The molecule has 2 N–H and O–H groups in total. The Morgan fingerprint density at radius 2 is 2.29 bits per heavy atom. The quantitative estimate of drug-likeness (QED) is 0.528. The molecule has 0 aromatic carbocycles. The molecule has 0 atom stereocenters. The highest BCUT2D eigenvalue weighted by molar-refractivity contribution is 8.00. The van der Waals surface area contributed by atoms with Crippen LogP contribution in [0, 0.1) is 11.3 Å². The molecule has 1 rings (SSSR count). The first-order valence-corrected chi connectivity index (χ1v) is 5.51. The van der Waals surface area contributed by atoms with Gasteiger partial charge in [0.2, 0.25) is 0 Å². The highest BCUT2D eigenvalue weighted by atomic mass is 32.2. The summed E-state index contributed by atoms with van der Waals surface area (Å²) >= 11 is 1.87. The second kappa shape index (κ2) is 4.05. The average molecular weight is 210 g/mol. The van der Waals surface area contributed by atoms with E-state index in [0.717, 1.165) is 24.2 Å². The van der Waals surface area contributed by atoms with Crippen molar-refractivity contribution >= 4 is 17.7 Å². The molecule has 0 saturated carbocycles. The van der Waals surface area contributed by atoms with E-state index in [2.05, 4.69) is 13.8 Å². The van der Waals surface area contributed by atoms with Crippen molar-refractivity contribution in [1.82, 2.24) is 0 Å². The normalized spacial score (nSPS) is 23.8. The Morgan fingerprint density at radius 1 is 1.64 bits per heavy atom. The number of rotatable bonds is 1. The molecule has 0 radical (unpaired) electrons. The molecule has 1 fully saturated rings. The minimum atomic E-state index is -0.592. The van der Waals surface area contributed by atoms with Gasteiger partial charge in [-0.05, 0) is 24.2 Å². The first-order valence-electron chi connectivity index (χ1n) is 4.52. The fraction of sp³-hybridized carbons (Fsp3) is 0.600. The zero-order valence-electron chi connectivity index (χ0n) is 8.46. The van der Waals surface area contributed by atoms with E-state index in [1.54, 1.807) is 0 Å². The molecular weight excluding hydrogens is 196 g/mol. The van der Waals surface area contributed by atoms with Gasteiger partial charge in [-0.3, -0.25) is 4.79 Å². The van der Waals surface area contributed by atoms with E-state index >= 15 is 0 Å². The van der Waals surface area contributed by atoms with Crippen molar-refractivity contribution in [1.29, 1.82) is 5.26 Å². The van der Waals surface area contributed by atoms with Gasteiger partial charge in [0.05, 0.1) is 0 Å². The molecular formula is C10H14N2OS. The molecule has 0 bridgehead atoms. The van der Waals surface area contributed by atoms with Crippen LogP contribution in [0.1, 0.15) is 26.7 Å². The standard InChI is InChI=1S/C10H14N2OS/c1-10(2)5-7(3-4-14-10)8(6-11)9(12)13/h3-5H2,1-2H3,(H2,12,13)/b8-7+. The number of carbonyl (C=O) groups excluding carboxylic acids is 1. The lowest BCUT2D eigenvalue weighted by molar-refractivity contribution is -0.114. The van der Waals surface area contributed by atoms with Crippen molar-refractivity contribution in [3.05, 3.63) is 11.1 Å². The number of thioether (sulfide) groups is 1. The summed E-state index contributed by atoms with van der Waals surface area (Å²) in [5.74, 6) is 0.367. The molecule has 0 unspecified atom stereocenters. The molecule has 3 nitrogen and oxygen atoms in total. The van der Waals surface area contributed by atoms with E-state index in [-0.39, 0.29) is 10.3 Å². The predicted octanol–water partition coefficient (Wildman–Crippen LogP) is 1.60. The zero-order chi connectivity index (χ0) is 10.8. The number of nitrogens with two attached hydrogens (primary N) is 1. The first-order chi connectivity index (χ1) is 6.46. The highest BCUT2D eigenvalue weighted by Crippen LogP contribution is 2.39. The number of nitriles is 1. The summed E-state index contributed by atoms with van der Waals surface area (Å²) in [4.78, 5) is 11.0. The third kappa shape index (κ3) is 2.52. The molecule has 0 aliphatic carbocycles. The first kappa shape index (κ1) is 11.1. The van der Waals surface area contributed by atoms with Gasteiger partial charge in [0.1, 0.15) is 11.6 Å². The lowest BCUT2D eigenvalue weighted by atomic mass is 9.95. The highest BCUT2D eigenvalue weighted by Gasteiger charge is 2.27. The van der Waals surface area contributed by atoms with Gasteiger partial charge in [-0.25, -0.2) is 0 Å². The summed E-state index contributed by atoms with van der Waals surface area (Å²) < 4.78 is 0.116. The van der Waals surface area contributed by atoms with Crippen molar-refractivity contribution in [2.24, 2.45) is 5.73 Å². The summed E-state index contributed by atoms with van der Waals surface area (Å²) in [5.41, 5.74) is 6.23. The van der Waals surface area contributed by atoms with Gasteiger partial charge in [-0.2, -0.15) is 17.0 Å². The summed E-state index contributed by atoms with van der Waals surface area (Å²) in [7, 11) is 0. The SMILES string of the molecule is CC1(C)C/C(=C(\C#N)C(N)=O)CCS1. The zero-order valence-corrected chi connectivity index (χ0v) is 9.28. The lowest BCUT2D eigenvalue weighted by Gasteiger charge is -2.30. The number of hydrogen-bond acceptors (Lipinski definition) is 3. The van der Waals surface area contributed by atoms with Crippen molar-refractivity contribution < 1.29 is 4.79 Å². The number of nitrogens with zero attached hydrogens (tertiary/aromatic N) is 1. The van der Waals surface area contributed by atoms with Gasteiger partial charge in [-0.1, -0.05) is 13.8 Å². The van der Waals surface area contributed by atoms with Gasteiger partial charge >= 0.3 is 0 Å². The summed E-state index contributed by atoms with van der Waals surface area (Å²) in [5, 5.41) is 8.80. The Labute approximate surface area is 88.3 Å². The van der Waals surface area contributed by atoms with E-state index in [1.165, 1.54) is 0 Å². The Kier molecular flexibility index (Phi) is 3.22. The van der Waals surface area contributed by atoms with Crippen LogP contribution in [-0.4, -0.2) is 16.4 Å². The molecule has 0 aromatic rings. The number of hydrogen-bond donors (Lipinski definition) is 1. The summed E-state index contributed by atoms with van der Waals surface area (Å²) in [6.07, 6.45) is 1.59. The summed E-state index contributed by atoms with van der Waals surface area (Å²) in [6, 6.07) is 1.90. The van der Waals surface area contributed by atoms with Gasteiger partial charge < -0.3 is 5.73 Å². The van der Waals surface area contributed by atoms with Gasteiger partial charge in [0.15, 0.2) is 0 Å². The maximum absolute atomic E-state index is 11.0. The molecule has 4 heteroatoms. The Bertz CT molecular complexity index is 326. The Balaban J connectivity index is 2.97. The fourth-order valence-corrected chi connectivity index (χ4v) is 2.80. The van der Waals surface area contributed by atoms with Crippen LogP contribution in [-0.2, 0) is 4.79 Å². The summed E-state index contributed by atoms with van der Waals surface area (Å²) in [6.45, 7) is 4.24. The van der Waals surface area contributed by atoms with Crippen LogP contribution in [0.4, 0.5) is 0 Å². The molecule has 76 valence electrons. The van der Waals surface area contributed by atoms with Gasteiger partial charge in [0, 0.05) is 4.75 Å². The monoisotopic (exact) mass is 210 g/mol. The fourth-order valence-electron chi connectivity index (χ4n) is 1.63. The van der Waals surface area contributed by atoms with Crippen LogP contribution in [0.5, 0.6) is 0 Å². The third-order valence-corrected chi connectivity index (χ3v) is 3.58. The lowest BCUT2D eigenvalue weighted by Crippen LogP contribution is -2.24. The van der Waals surface area contributed by atoms with Gasteiger partial charge in [-0.15, -0.1) is 0 Å². The van der Waals surface area contributed by atoms with Gasteiger partial charge in [0.25, 0.3) is 5.91 Å². The maximum Gasteiger partial charge on any atom is 0.259 e. The van der Waals surface area contributed by atoms with Crippen molar-refractivity contribution in [2.45, 2.75) is 31.4 Å². The minimum Gasteiger partial charge on any atom is -0.365 e. The predicted molar refractivity (Wildman–Crippen MR) is 57.6 cm³/mol. The van der Waals surface area contributed by atoms with Crippen LogP contribution in [0.15, 0.2) is 11.1 Å². The van der Waals surface area contributed by atoms with Crippen molar-refractivity contribution in [3.8, 4) is 6.07 Å². The average Bonchev–Trinajstić information content (AvgIpc) is 2.02. The van der Waals surface area contributed by atoms with Crippen molar-refractivity contribution in [3.63, 3.8) is 0 Å². The second-order valence-corrected chi connectivity index (χ2v) is 5.79. The smallest absolute Gasteiger partial charge is 0.259 e. The molecule has 1 amide bonds. The van der Waals surface area contributed by atoms with Crippen LogP contribution >= 0.6 is 11.8 Å². The molecule has 14 heavy (non-hydrogen) atoms. The van der Waals surface area contributed by atoms with Crippen LogP contribution < -0.4 is 5.73 Å². The topological polar surface area (TPSA) is 66.9 Å². The number of amides is 1. The van der Waals surface area contributed by atoms with Crippen LogP contribution in [0.25, 0.3) is 0 Å². The molecule has 1 aliphatic heterocycles. The maximum atomic E-state index is 11.0. The number of carbonyl (C=O) groups is 1. The largest absolute Gasteiger partial charge is 0.365 e. The Morgan fingerprint density at radius 3 is 2.71 bits per heavy atom. The van der Waals surface area contributed by atoms with E-state index in [1.807, 2.05) is 17.8 Å². The second-order valence-electron chi connectivity index (χ2n) is 3.99. The molecule has 1 heterocycles. The van der Waals surface area contributed by atoms with Crippen LogP contribution in [0.2, 0.25) is 0 Å². The minimum absolute atomic E-state index is 0.116. The molecule has 0 aromatic heterocycles. The third-order valence-electron chi connectivity index (χ3n) is 2.25. The van der Waals surface area contributed by atoms with Crippen molar-refractivity contribution in [2.75, 3.05) is 5.75 Å². The van der Waals surface area contributed by atoms with Crippen LogP contribution in [0.3, 0.4) is 0 Å². The number of primary amides is 1. The molecule has 1 saturated heterocycles. The van der Waals surface area contributed by atoms with E-state index in [9.17, 15) is 4.79 Å². The van der Waals surface area contributed by atoms with E-state index in [0.29, 0.717) is 0 Å². The molecule has 0 spiro atoms. The van der Waals surface area contributed by atoms with E-state index in [4.69, 9.17) is 11.0 Å². The Hall–Kier alpha value is -0.950. The van der Waals surface area contributed by atoms with E-state index < -0.39 is 5.91 Å².